The average Bonchev–Trinajstić information content (AvgIpc) is 3.06. The summed E-state index contributed by atoms with van der Waals surface area (Å²) in [5.74, 6) is 0.391. The Labute approximate surface area is 188 Å². The molecule has 2 bridgehead atoms. The molecule has 2 aliphatic rings. The highest BCUT2D eigenvalue weighted by atomic mass is 32.2. The second-order valence-electron chi connectivity index (χ2n) is 7.97. The van der Waals surface area contributed by atoms with Gasteiger partial charge in [0.25, 0.3) is 5.91 Å². The van der Waals surface area contributed by atoms with Gasteiger partial charge in [-0.15, -0.1) is 0 Å². The molecular weight excluding hydrogens is 434 g/mol. The first-order valence-corrected chi connectivity index (χ1v) is 11.4. The van der Waals surface area contributed by atoms with Gasteiger partial charge in [-0.25, -0.2) is 14.7 Å². The first kappa shape index (κ1) is 22.6. The zero-order valence-electron chi connectivity index (χ0n) is 17.8. The second-order valence-corrected chi connectivity index (χ2v) is 9.33. The predicted molar refractivity (Wildman–Crippen MR) is 117 cm³/mol. The second kappa shape index (κ2) is 9.51. The molecule has 32 heavy (non-hydrogen) atoms. The Morgan fingerprint density at radius 2 is 2.12 bits per heavy atom. The van der Waals surface area contributed by atoms with Crippen LogP contribution in [0.25, 0.3) is 0 Å². The molecule has 1 amide bonds. The van der Waals surface area contributed by atoms with E-state index in [4.69, 9.17) is 15.2 Å². The minimum Gasteiger partial charge on any atom is -0.439 e. The summed E-state index contributed by atoms with van der Waals surface area (Å²) in [6.45, 7) is 2.22. The molecule has 3 unspecified atom stereocenters. The van der Waals surface area contributed by atoms with Gasteiger partial charge < -0.3 is 15.2 Å². The van der Waals surface area contributed by atoms with Crippen molar-refractivity contribution < 1.29 is 23.7 Å². The lowest BCUT2D eigenvalue weighted by molar-refractivity contribution is -0.141. The number of nitrogens with one attached hydrogen (secondary N) is 1. The Kier molecular flexibility index (Phi) is 6.72. The highest BCUT2D eigenvalue weighted by Gasteiger charge is 2.58. The molecule has 2 saturated heterocycles. The average molecular weight is 462 g/mol. The van der Waals surface area contributed by atoms with Gasteiger partial charge in [-0.3, -0.25) is 14.9 Å². The van der Waals surface area contributed by atoms with E-state index in [2.05, 4.69) is 9.88 Å². The number of aromatic nitrogens is 1. The summed E-state index contributed by atoms with van der Waals surface area (Å²) in [6.07, 6.45) is 2.70. The third kappa shape index (κ3) is 4.34. The Bertz CT molecular complexity index is 974. The summed E-state index contributed by atoms with van der Waals surface area (Å²) in [5, 5.41) is 9.42. The number of anilines is 1. The SMILES string of the molecule is COCCN1CC2CCC(C(=O)NO)(C1)N2S(=O)c1ccc(Oc2ccc(N)cc2)nc1. The first-order valence-electron chi connectivity index (χ1n) is 10.3. The van der Waals surface area contributed by atoms with Crippen LogP contribution in [-0.2, 0) is 20.5 Å². The number of nitrogen functional groups attached to an aromatic ring is 1. The van der Waals surface area contributed by atoms with Crippen molar-refractivity contribution >= 4 is 22.6 Å². The van der Waals surface area contributed by atoms with Crippen molar-refractivity contribution in [3.05, 3.63) is 42.6 Å². The van der Waals surface area contributed by atoms with E-state index in [9.17, 15) is 14.2 Å². The molecule has 1 aromatic heterocycles. The highest BCUT2D eigenvalue weighted by Crippen LogP contribution is 2.42. The number of nitrogens with zero attached hydrogens (tertiary/aromatic N) is 3. The van der Waals surface area contributed by atoms with Crippen LogP contribution in [0.4, 0.5) is 5.69 Å². The van der Waals surface area contributed by atoms with Gasteiger partial charge in [-0.1, -0.05) is 0 Å². The van der Waals surface area contributed by atoms with Crippen LogP contribution in [0.15, 0.2) is 47.5 Å². The summed E-state index contributed by atoms with van der Waals surface area (Å²) < 4.78 is 26.1. The van der Waals surface area contributed by atoms with E-state index in [0.29, 0.717) is 61.3 Å². The largest absolute Gasteiger partial charge is 0.439 e. The maximum absolute atomic E-state index is 13.6. The molecule has 2 fully saturated rings. The maximum atomic E-state index is 13.6. The number of hydrogen-bond donors (Lipinski definition) is 3. The van der Waals surface area contributed by atoms with Crippen LogP contribution < -0.4 is 16.0 Å². The summed E-state index contributed by atoms with van der Waals surface area (Å²) in [6, 6.07) is 10.2. The van der Waals surface area contributed by atoms with Gasteiger partial charge in [-0.05, 0) is 43.2 Å². The molecule has 4 rings (SSSR count). The van der Waals surface area contributed by atoms with Gasteiger partial charge in [0.15, 0.2) is 0 Å². The lowest BCUT2D eigenvalue weighted by Crippen LogP contribution is -2.67. The van der Waals surface area contributed by atoms with Crippen molar-refractivity contribution in [1.29, 1.82) is 0 Å². The van der Waals surface area contributed by atoms with Gasteiger partial charge in [0.05, 0.1) is 11.5 Å². The molecule has 1 aromatic carbocycles. The summed E-state index contributed by atoms with van der Waals surface area (Å²) in [4.78, 5) is 19.6. The van der Waals surface area contributed by atoms with E-state index in [1.165, 1.54) is 6.20 Å². The van der Waals surface area contributed by atoms with Crippen molar-refractivity contribution in [3.8, 4) is 11.6 Å². The van der Waals surface area contributed by atoms with E-state index < -0.39 is 22.4 Å². The number of ether oxygens (including phenoxy) is 2. The van der Waals surface area contributed by atoms with Crippen LogP contribution in [0.5, 0.6) is 11.6 Å². The minimum absolute atomic E-state index is 0.0931. The van der Waals surface area contributed by atoms with E-state index in [1.807, 2.05) is 0 Å². The number of fused-ring (bicyclic) bond motifs is 2. The number of amides is 1. The number of hydrogen-bond acceptors (Lipinski definition) is 8. The standard InChI is InChI=1S/C21H27N5O5S/c1-30-11-10-25-13-16-8-9-21(14-25,20(27)24-28)26(16)32(29)18-6-7-19(23-12-18)31-17-4-2-15(22)3-5-17/h2-7,12,16,28H,8-11,13-14,22H2,1H3,(H,24,27). The number of rotatable bonds is 8. The third-order valence-corrected chi connectivity index (χ3v) is 7.58. The van der Waals surface area contributed by atoms with E-state index in [1.54, 1.807) is 53.3 Å². The van der Waals surface area contributed by atoms with Crippen molar-refractivity contribution in [3.63, 3.8) is 0 Å². The molecule has 0 radical (unpaired) electrons. The summed E-state index contributed by atoms with van der Waals surface area (Å²) in [7, 11) is -0.00994. The molecule has 172 valence electrons. The molecule has 10 nitrogen and oxygen atoms in total. The Balaban J connectivity index is 1.53. The van der Waals surface area contributed by atoms with Gasteiger partial charge >= 0.3 is 0 Å². The number of piperazine rings is 1. The number of pyridine rings is 1. The quantitative estimate of drug-likeness (QED) is 0.303. The van der Waals surface area contributed by atoms with Crippen molar-refractivity contribution in [2.45, 2.75) is 29.3 Å². The van der Waals surface area contributed by atoms with Crippen LogP contribution in [0.1, 0.15) is 12.8 Å². The number of carbonyl (C=O) groups excluding carboxylic acids is 1. The zero-order chi connectivity index (χ0) is 22.7. The molecule has 11 heteroatoms. The summed E-state index contributed by atoms with van der Waals surface area (Å²) in [5.41, 5.74) is 7.02. The smallest absolute Gasteiger partial charge is 0.266 e. The van der Waals surface area contributed by atoms with Crippen LogP contribution in [0.2, 0.25) is 0 Å². The predicted octanol–water partition coefficient (Wildman–Crippen LogP) is 1.15. The molecule has 2 aliphatic heterocycles. The van der Waals surface area contributed by atoms with Crippen molar-refractivity contribution in [2.24, 2.45) is 0 Å². The minimum atomic E-state index is -1.64. The van der Waals surface area contributed by atoms with Crippen LogP contribution >= 0.6 is 0 Å². The Hall–Kier alpha value is -2.57. The molecule has 0 spiro atoms. The van der Waals surface area contributed by atoms with Gasteiger partial charge in [0.1, 0.15) is 22.3 Å². The van der Waals surface area contributed by atoms with E-state index in [0.717, 1.165) is 0 Å². The third-order valence-electron chi connectivity index (χ3n) is 5.93. The van der Waals surface area contributed by atoms with Crippen molar-refractivity contribution in [2.75, 3.05) is 39.1 Å². The van der Waals surface area contributed by atoms with Gasteiger partial charge in [0.2, 0.25) is 5.88 Å². The van der Waals surface area contributed by atoms with E-state index in [-0.39, 0.29) is 6.04 Å². The monoisotopic (exact) mass is 461 g/mol. The molecular formula is C21H27N5O5S. The zero-order valence-corrected chi connectivity index (χ0v) is 18.6. The lowest BCUT2D eigenvalue weighted by Gasteiger charge is -2.46. The van der Waals surface area contributed by atoms with Gasteiger partial charge in [0, 0.05) is 50.7 Å². The fraction of sp³-hybridized carbons (Fsp3) is 0.429. The van der Waals surface area contributed by atoms with E-state index >= 15 is 0 Å². The lowest BCUT2D eigenvalue weighted by atomic mass is 9.96. The fourth-order valence-electron chi connectivity index (χ4n) is 4.40. The topological polar surface area (TPSA) is 130 Å². The number of benzene rings is 1. The molecule has 4 N–H and O–H groups in total. The molecule has 0 aliphatic carbocycles. The number of likely N-dealkylation sites (tertiary alicyclic amines) is 1. The molecule has 3 atom stereocenters. The van der Waals surface area contributed by atoms with Crippen molar-refractivity contribution in [1.82, 2.24) is 19.7 Å². The Morgan fingerprint density at radius 1 is 1.34 bits per heavy atom. The summed E-state index contributed by atoms with van der Waals surface area (Å²) >= 11 is 0. The Morgan fingerprint density at radius 3 is 2.78 bits per heavy atom. The van der Waals surface area contributed by atoms with Crippen LogP contribution in [-0.4, -0.2) is 74.4 Å². The number of hydroxylamine groups is 1. The molecule has 2 aromatic rings. The number of methoxy groups -OCH3 is 1. The van der Waals surface area contributed by atoms with Crippen LogP contribution in [0.3, 0.4) is 0 Å². The molecule has 0 saturated carbocycles. The van der Waals surface area contributed by atoms with Crippen LogP contribution in [0, 0.1) is 0 Å². The molecule has 3 heterocycles. The number of carbonyl (C=O) groups is 1. The first-order chi connectivity index (χ1) is 15.5. The normalized spacial score (nSPS) is 24.2. The number of nitrogens with two attached hydrogens (primary N) is 1. The fourth-order valence-corrected chi connectivity index (χ4v) is 5.95. The maximum Gasteiger partial charge on any atom is 0.266 e. The van der Waals surface area contributed by atoms with Gasteiger partial charge in [-0.2, -0.15) is 4.31 Å². The highest BCUT2D eigenvalue weighted by molar-refractivity contribution is 7.82.